The molecule has 0 aliphatic rings. The van der Waals surface area contributed by atoms with E-state index in [4.69, 9.17) is 11.6 Å². The average Bonchev–Trinajstić information content (AvgIpc) is 3.07. The summed E-state index contributed by atoms with van der Waals surface area (Å²) >= 11 is 6.30. The molecule has 0 spiro atoms. The Morgan fingerprint density at radius 2 is 1.74 bits per heavy atom. The molecule has 0 N–H and O–H groups in total. The lowest BCUT2D eigenvalue weighted by molar-refractivity contribution is 0.585. The lowest BCUT2D eigenvalue weighted by atomic mass is 9.87. The predicted molar refractivity (Wildman–Crippen MR) is 125 cm³/mol. The standard InChI is InChI=1S/C24H24ClN3O2S/c1-16-14-18(15-31(29,30)19-9-7-17(8-10-19)24(2,3)4)28(27-16)22-12-11-21(25)23-20(22)6-5-13-26-23/h5-14H,15H2,1-4H3. The summed E-state index contributed by atoms with van der Waals surface area (Å²) in [7, 11) is -3.56. The van der Waals surface area contributed by atoms with Gasteiger partial charge in [0.1, 0.15) is 0 Å². The normalized spacial score (nSPS) is 12.4. The lowest BCUT2D eigenvalue weighted by Crippen LogP contribution is -2.13. The van der Waals surface area contributed by atoms with Gasteiger partial charge in [-0.15, -0.1) is 0 Å². The molecule has 0 bridgehead atoms. The number of benzene rings is 2. The Labute approximate surface area is 187 Å². The van der Waals surface area contributed by atoms with E-state index in [1.807, 2.05) is 37.3 Å². The summed E-state index contributed by atoms with van der Waals surface area (Å²) in [4.78, 5) is 4.66. The molecule has 0 saturated heterocycles. The average molecular weight is 454 g/mol. The zero-order chi connectivity index (χ0) is 22.4. The number of halogens is 1. The van der Waals surface area contributed by atoms with Crippen LogP contribution in [0, 0.1) is 6.92 Å². The van der Waals surface area contributed by atoms with Crippen molar-refractivity contribution in [1.82, 2.24) is 14.8 Å². The molecule has 0 aliphatic carbocycles. The van der Waals surface area contributed by atoms with Crippen molar-refractivity contribution in [3.63, 3.8) is 0 Å². The first-order chi connectivity index (χ1) is 14.6. The van der Waals surface area contributed by atoms with E-state index in [0.29, 0.717) is 21.1 Å². The van der Waals surface area contributed by atoms with Gasteiger partial charge in [0, 0.05) is 11.6 Å². The Morgan fingerprint density at radius 3 is 2.42 bits per heavy atom. The van der Waals surface area contributed by atoms with E-state index < -0.39 is 9.84 Å². The van der Waals surface area contributed by atoms with Gasteiger partial charge < -0.3 is 0 Å². The smallest absolute Gasteiger partial charge is 0.184 e. The van der Waals surface area contributed by atoms with E-state index in [-0.39, 0.29) is 11.2 Å². The van der Waals surface area contributed by atoms with Gasteiger partial charge in [0.25, 0.3) is 0 Å². The van der Waals surface area contributed by atoms with Crippen LogP contribution in [0.2, 0.25) is 5.02 Å². The Morgan fingerprint density at radius 1 is 1.03 bits per heavy atom. The Bertz CT molecular complexity index is 1370. The molecule has 4 rings (SSSR count). The highest BCUT2D eigenvalue weighted by Gasteiger charge is 2.22. The summed E-state index contributed by atoms with van der Waals surface area (Å²) in [6.07, 6.45) is 1.68. The fraction of sp³-hybridized carbons (Fsp3) is 0.250. The number of pyridine rings is 1. The SMILES string of the molecule is Cc1cc(CS(=O)(=O)c2ccc(C(C)(C)C)cc2)n(-c2ccc(Cl)c3ncccc23)n1. The van der Waals surface area contributed by atoms with Gasteiger partial charge in [-0.05, 0) is 60.4 Å². The van der Waals surface area contributed by atoms with E-state index in [2.05, 4.69) is 30.9 Å². The number of sulfone groups is 1. The van der Waals surface area contributed by atoms with Crippen molar-refractivity contribution < 1.29 is 8.42 Å². The first-order valence-electron chi connectivity index (χ1n) is 9.99. The molecule has 2 aromatic carbocycles. The third kappa shape index (κ3) is 4.23. The van der Waals surface area contributed by atoms with Crippen LogP contribution in [0.15, 0.2) is 65.7 Å². The topological polar surface area (TPSA) is 64.8 Å². The third-order valence-electron chi connectivity index (χ3n) is 5.25. The fourth-order valence-electron chi connectivity index (χ4n) is 3.61. The highest BCUT2D eigenvalue weighted by Crippen LogP contribution is 2.29. The van der Waals surface area contributed by atoms with Crippen molar-refractivity contribution in [2.75, 3.05) is 0 Å². The summed E-state index contributed by atoms with van der Waals surface area (Å²) in [6, 6.07) is 16.3. The van der Waals surface area contributed by atoms with Crippen LogP contribution in [0.5, 0.6) is 0 Å². The number of rotatable bonds is 4. The van der Waals surface area contributed by atoms with E-state index >= 15 is 0 Å². The summed E-state index contributed by atoms with van der Waals surface area (Å²) in [5.41, 5.74) is 3.77. The van der Waals surface area contributed by atoms with Crippen LogP contribution in [-0.2, 0) is 21.0 Å². The van der Waals surface area contributed by atoms with Crippen LogP contribution < -0.4 is 0 Å². The number of aryl methyl sites for hydroxylation is 1. The summed E-state index contributed by atoms with van der Waals surface area (Å²) in [5, 5.41) is 5.92. The van der Waals surface area contributed by atoms with Crippen molar-refractivity contribution in [1.29, 1.82) is 0 Å². The van der Waals surface area contributed by atoms with E-state index in [1.165, 1.54) is 0 Å². The highest BCUT2D eigenvalue weighted by molar-refractivity contribution is 7.90. The first kappa shape index (κ1) is 21.5. The van der Waals surface area contributed by atoms with Gasteiger partial charge in [0.05, 0.1) is 38.3 Å². The zero-order valence-corrected chi connectivity index (χ0v) is 19.5. The Balaban J connectivity index is 1.76. The van der Waals surface area contributed by atoms with Gasteiger partial charge in [-0.25, -0.2) is 13.1 Å². The van der Waals surface area contributed by atoms with Crippen LogP contribution in [0.4, 0.5) is 0 Å². The maximum atomic E-state index is 13.2. The van der Waals surface area contributed by atoms with E-state index in [0.717, 1.165) is 22.3 Å². The maximum Gasteiger partial charge on any atom is 0.184 e. The van der Waals surface area contributed by atoms with Crippen LogP contribution >= 0.6 is 11.6 Å². The Kier molecular flexibility index (Phi) is 5.40. The maximum absolute atomic E-state index is 13.2. The van der Waals surface area contributed by atoms with Crippen LogP contribution in [-0.4, -0.2) is 23.2 Å². The molecule has 0 fully saturated rings. The fourth-order valence-corrected chi connectivity index (χ4v) is 5.14. The van der Waals surface area contributed by atoms with E-state index in [9.17, 15) is 8.42 Å². The van der Waals surface area contributed by atoms with Crippen molar-refractivity contribution >= 4 is 32.3 Å². The molecular formula is C24H24ClN3O2S. The molecule has 0 atom stereocenters. The molecule has 0 radical (unpaired) electrons. The largest absolute Gasteiger partial charge is 0.255 e. The molecule has 0 unspecified atom stereocenters. The number of nitrogens with zero attached hydrogens (tertiary/aromatic N) is 3. The van der Waals surface area contributed by atoms with E-state index in [1.54, 1.807) is 35.1 Å². The summed E-state index contributed by atoms with van der Waals surface area (Å²) in [6.45, 7) is 8.15. The lowest BCUT2D eigenvalue weighted by Gasteiger charge is -2.19. The summed E-state index contributed by atoms with van der Waals surface area (Å²) in [5.74, 6) is -0.160. The van der Waals surface area contributed by atoms with Crippen molar-refractivity contribution in [2.24, 2.45) is 0 Å². The van der Waals surface area contributed by atoms with Gasteiger partial charge in [0.2, 0.25) is 0 Å². The van der Waals surface area contributed by atoms with Gasteiger partial charge in [-0.1, -0.05) is 44.5 Å². The number of fused-ring (bicyclic) bond motifs is 1. The monoisotopic (exact) mass is 453 g/mol. The molecule has 0 saturated carbocycles. The van der Waals surface area contributed by atoms with Gasteiger partial charge in [-0.3, -0.25) is 4.98 Å². The molecule has 5 nitrogen and oxygen atoms in total. The second kappa shape index (κ2) is 7.77. The molecular weight excluding hydrogens is 430 g/mol. The molecule has 2 heterocycles. The molecule has 31 heavy (non-hydrogen) atoms. The van der Waals surface area contributed by atoms with Crippen molar-refractivity contribution in [2.45, 2.75) is 43.8 Å². The van der Waals surface area contributed by atoms with Crippen LogP contribution in [0.25, 0.3) is 16.6 Å². The Hall–Kier alpha value is -2.70. The zero-order valence-electron chi connectivity index (χ0n) is 17.9. The predicted octanol–water partition coefficient (Wildman–Crippen LogP) is 5.65. The number of hydrogen-bond acceptors (Lipinski definition) is 4. The van der Waals surface area contributed by atoms with Crippen LogP contribution in [0.1, 0.15) is 37.7 Å². The van der Waals surface area contributed by atoms with Gasteiger partial charge in [-0.2, -0.15) is 5.10 Å². The molecule has 0 aliphatic heterocycles. The van der Waals surface area contributed by atoms with Crippen LogP contribution in [0.3, 0.4) is 0 Å². The van der Waals surface area contributed by atoms with Gasteiger partial charge in [0.15, 0.2) is 9.84 Å². The quantitative estimate of drug-likeness (QED) is 0.400. The minimum Gasteiger partial charge on any atom is -0.255 e. The van der Waals surface area contributed by atoms with Crippen molar-refractivity contribution in [3.8, 4) is 5.69 Å². The van der Waals surface area contributed by atoms with Crippen molar-refractivity contribution in [3.05, 3.63) is 82.8 Å². The van der Waals surface area contributed by atoms with Gasteiger partial charge >= 0.3 is 0 Å². The summed E-state index contributed by atoms with van der Waals surface area (Å²) < 4.78 is 28.1. The third-order valence-corrected chi connectivity index (χ3v) is 7.22. The molecule has 7 heteroatoms. The minimum absolute atomic E-state index is 0.0400. The highest BCUT2D eigenvalue weighted by atomic mass is 35.5. The molecule has 0 amide bonds. The molecule has 160 valence electrons. The second-order valence-corrected chi connectivity index (χ2v) is 11.1. The second-order valence-electron chi connectivity index (χ2n) is 8.69. The molecule has 2 aromatic heterocycles. The number of aromatic nitrogens is 3. The number of hydrogen-bond donors (Lipinski definition) is 0. The first-order valence-corrected chi connectivity index (χ1v) is 12.0. The minimum atomic E-state index is -3.56. The molecule has 4 aromatic rings.